The van der Waals surface area contributed by atoms with Crippen molar-refractivity contribution in [1.82, 2.24) is 24.1 Å². The maximum absolute atomic E-state index is 5.10. The molecule has 0 spiro atoms. The molecule has 0 atom stereocenters. The van der Waals surface area contributed by atoms with Gasteiger partial charge in [0.2, 0.25) is 0 Å². The molecule has 0 fully saturated rings. The van der Waals surface area contributed by atoms with Gasteiger partial charge >= 0.3 is 0 Å². The second kappa shape index (κ2) is 28.7. The fourth-order valence-corrected chi connectivity index (χ4v) is 17.4. The second-order valence-corrected chi connectivity index (χ2v) is 29.2. The number of thiophene rings is 1. The Labute approximate surface area is 647 Å². The van der Waals surface area contributed by atoms with Crippen molar-refractivity contribution < 1.29 is 0 Å². The zero-order valence-electron chi connectivity index (χ0n) is 60.5. The van der Waals surface area contributed by atoms with Gasteiger partial charge in [0.05, 0.1) is 22.1 Å². The van der Waals surface area contributed by atoms with Crippen LogP contribution in [-0.2, 0) is 0 Å². The molecule has 0 amide bonds. The van der Waals surface area contributed by atoms with E-state index in [1.807, 2.05) is 47.7 Å². The Morgan fingerprint density at radius 1 is 0.171 bits per heavy atom. The minimum absolute atomic E-state index is 0.639. The Morgan fingerprint density at radius 3 is 1.01 bits per heavy atom. The summed E-state index contributed by atoms with van der Waals surface area (Å²) in [5.41, 5.74) is 29.1. The van der Waals surface area contributed by atoms with E-state index in [2.05, 4.69) is 391 Å². The largest absolute Gasteiger partial charge is 0.309 e. The molecule has 21 aromatic rings. The molecule has 0 aliphatic carbocycles. The zero-order valence-corrected chi connectivity index (χ0v) is 61.3. The van der Waals surface area contributed by atoms with Crippen molar-refractivity contribution in [3.05, 3.63) is 419 Å². The Balaban J connectivity index is 0.000000145. The molecule has 0 saturated heterocycles. The molecule has 0 bridgehead atoms. The normalized spacial score (nSPS) is 11.4. The van der Waals surface area contributed by atoms with Crippen LogP contribution in [0.25, 0.3) is 198 Å². The van der Waals surface area contributed by atoms with Gasteiger partial charge in [0.25, 0.3) is 0 Å². The van der Waals surface area contributed by atoms with Gasteiger partial charge in [-0.2, -0.15) is 0 Å². The summed E-state index contributed by atoms with van der Waals surface area (Å²) >= 11 is 1.87. The van der Waals surface area contributed by atoms with E-state index in [9.17, 15) is 0 Å². The summed E-state index contributed by atoms with van der Waals surface area (Å²) in [6, 6.07) is 150. The molecule has 0 saturated carbocycles. The lowest BCUT2D eigenvalue weighted by molar-refractivity contribution is 1.07. The predicted molar refractivity (Wildman–Crippen MR) is 468 cm³/mol. The highest BCUT2D eigenvalue weighted by atomic mass is 32.1. The van der Waals surface area contributed by atoms with Crippen LogP contribution in [-0.4, -0.2) is 24.1 Å². The minimum Gasteiger partial charge on any atom is -0.309 e. The van der Waals surface area contributed by atoms with Gasteiger partial charge in [-0.1, -0.05) is 346 Å². The molecule has 6 heteroatoms. The average Bonchev–Trinajstić information content (AvgIpc) is 1.55. The number of para-hydroxylation sites is 2. The van der Waals surface area contributed by atoms with Crippen LogP contribution in [0.1, 0.15) is 0 Å². The molecule has 0 unspecified atom stereocenters. The Bertz CT molecular complexity index is 6940. The topological polar surface area (TPSA) is 48.5 Å². The lowest BCUT2D eigenvalue weighted by atomic mass is 9.95. The first-order chi connectivity index (χ1) is 55.0. The highest BCUT2D eigenvalue weighted by molar-refractivity contribution is 7.27. The fraction of sp³-hybridized carbons (Fsp3) is 0. The van der Waals surface area contributed by atoms with E-state index in [-0.39, 0.29) is 0 Å². The predicted octanol–water partition coefficient (Wildman–Crippen LogP) is 28.5. The van der Waals surface area contributed by atoms with Crippen molar-refractivity contribution in [3.63, 3.8) is 0 Å². The second-order valence-electron chi connectivity index (χ2n) is 28.2. The van der Waals surface area contributed by atoms with Crippen LogP contribution in [0.2, 0.25) is 0 Å². The Kier molecular flexibility index (Phi) is 17.1. The number of nitrogens with zero attached hydrogens (tertiary/aromatic N) is 5. The maximum Gasteiger partial charge on any atom is 0.164 e. The van der Waals surface area contributed by atoms with E-state index in [1.54, 1.807) is 0 Å². The van der Waals surface area contributed by atoms with E-state index in [0.717, 1.165) is 39.2 Å². The van der Waals surface area contributed by atoms with E-state index in [0.29, 0.717) is 17.5 Å². The van der Waals surface area contributed by atoms with E-state index in [1.165, 1.54) is 142 Å². The van der Waals surface area contributed by atoms with E-state index in [4.69, 9.17) is 15.0 Å². The third kappa shape index (κ3) is 12.5. The first-order valence-corrected chi connectivity index (χ1v) is 38.5. The van der Waals surface area contributed by atoms with Crippen molar-refractivity contribution in [2.45, 2.75) is 0 Å². The van der Waals surface area contributed by atoms with Gasteiger partial charge in [0, 0.05) is 75.3 Å². The van der Waals surface area contributed by atoms with Gasteiger partial charge < -0.3 is 9.13 Å². The quantitative estimate of drug-likeness (QED) is 0.116. The summed E-state index contributed by atoms with van der Waals surface area (Å²) in [4.78, 5) is 15.1. The number of fused-ring (bicyclic) bond motifs is 10. The molecule has 5 nitrogen and oxygen atoms in total. The fourth-order valence-electron chi connectivity index (χ4n) is 16.1. The van der Waals surface area contributed by atoms with Crippen molar-refractivity contribution in [2.24, 2.45) is 0 Å². The molecule has 4 aromatic heterocycles. The third-order valence-electron chi connectivity index (χ3n) is 21.4. The molecule has 0 radical (unpaired) electrons. The molecule has 520 valence electrons. The first-order valence-electron chi connectivity index (χ1n) is 37.7. The molecule has 17 aromatic carbocycles. The van der Waals surface area contributed by atoms with E-state index < -0.39 is 0 Å². The summed E-state index contributed by atoms with van der Waals surface area (Å²) in [5, 5.41) is 7.56. The van der Waals surface area contributed by atoms with Gasteiger partial charge in [-0.15, -0.1) is 11.3 Å². The van der Waals surface area contributed by atoms with Gasteiger partial charge in [0.1, 0.15) is 0 Å². The number of hydrogen-bond donors (Lipinski definition) is 0. The Hall–Kier alpha value is -14.4. The monoisotopic (exact) mass is 1430 g/mol. The number of aromatic nitrogens is 5. The summed E-state index contributed by atoms with van der Waals surface area (Å²) in [5.74, 6) is 1.93. The van der Waals surface area contributed by atoms with E-state index >= 15 is 0 Å². The highest BCUT2D eigenvalue weighted by Gasteiger charge is 2.24. The third-order valence-corrected chi connectivity index (χ3v) is 22.7. The molecular weight excluding hydrogens is 1360 g/mol. The van der Waals surface area contributed by atoms with Gasteiger partial charge in [-0.25, -0.2) is 15.0 Å². The van der Waals surface area contributed by atoms with Crippen LogP contribution in [0, 0.1) is 0 Å². The number of rotatable bonds is 13. The van der Waals surface area contributed by atoms with Crippen LogP contribution in [0.3, 0.4) is 0 Å². The lowest BCUT2D eigenvalue weighted by Crippen LogP contribution is -2.00. The van der Waals surface area contributed by atoms with Gasteiger partial charge in [-0.05, 0) is 156 Å². The van der Waals surface area contributed by atoms with Gasteiger partial charge in [0.15, 0.2) is 17.5 Å². The SMILES string of the molecule is c1ccc(-c2ccc(-c3cccc(-n4c5ccccc5c5c6c7ccccc7n(-c7cc(-c8ccccc8)cc(-c8ccccc8)c7)c6ccc54)c3)cc2)cc1.c1ccc(-c2ccc(-c3nc(-c4ccccc4)nc(-c4cccc(-c5cccc6c5sc5c(-c7ccccc7)cc(-c7ccccc7)cc56)c4)n3)cc2)cc1. The van der Waals surface area contributed by atoms with Crippen molar-refractivity contribution in [1.29, 1.82) is 0 Å². The number of hydrogen-bond acceptors (Lipinski definition) is 4. The molecule has 0 aliphatic heterocycles. The summed E-state index contributed by atoms with van der Waals surface area (Å²) in [7, 11) is 0. The Morgan fingerprint density at radius 2 is 0.495 bits per heavy atom. The number of benzene rings is 17. The molecular formula is C105H69N5S. The van der Waals surface area contributed by atoms with Crippen molar-refractivity contribution >= 4 is 75.1 Å². The molecule has 21 rings (SSSR count). The maximum atomic E-state index is 5.10. The average molecular weight is 1430 g/mol. The minimum atomic E-state index is 0.639. The smallest absolute Gasteiger partial charge is 0.164 e. The molecule has 4 heterocycles. The van der Waals surface area contributed by atoms with Gasteiger partial charge in [-0.3, -0.25) is 0 Å². The molecule has 0 aliphatic rings. The van der Waals surface area contributed by atoms with Crippen LogP contribution >= 0.6 is 11.3 Å². The first kappa shape index (κ1) is 66.0. The lowest BCUT2D eigenvalue weighted by Gasteiger charge is -2.14. The molecule has 111 heavy (non-hydrogen) atoms. The van der Waals surface area contributed by atoms with Crippen LogP contribution in [0.5, 0.6) is 0 Å². The summed E-state index contributed by atoms with van der Waals surface area (Å²) in [6.07, 6.45) is 0. The van der Waals surface area contributed by atoms with Crippen LogP contribution < -0.4 is 0 Å². The summed E-state index contributed by atoms with van der Waals surface area (Å²) < 4.78 is 7.46. The van der Waals surface area contributed by atoms with Crippen molar-refractivity contribution in [3.8, 4) is 135 Å². The zero-order chi connectivity index (χ0) is 73.6. The summed E-state index contributed by atoms with van der Waals surface area (Å²) in [6.45, 7) is 0. The highest BCUT2D eigenvalue weighted by Crippen LogP contribution is 2.48. The van der Waals surface area contributed by atoms with Crippen LogP contribution in [0.15, 0.2) is 419 Å². The molecule has 0 N–H and O–H groups in total. The standard InChI is InChI=1S/C54H36N2.C51H33N3S/c1-4-15-37(16-5-1)40-27-29-41(30-28-40)42-21-14-22-45(34-42)55-49-25-12-10-23-47(49)53-51(55)31-32-52-54(53)48-24-11-13-26-50(48)56(52)46-35-43(38-17-6-2-7-18-38)33-44(36-46)39-19-8-3-9-20-39;1-5-15-34(16-6-1)36-27-29-39(30-28-36)50-52-49(38-21-11-4-12-22-38)53-51(54-50)41-24-13-23-40(31-41)43-25-14-26-44-46-33-42(35-17-7-2-8-18-35)32-45(48(46)55-47(43)44)37-19-9-3-10-20-37/h1-36H;1-33H. The van der Waals surface area contributed by atoms with Crippen LogP contribution in [0.4, 0.5) is 0 Å². The van der Waals surface area contributed by atoms with Crippen molar-refractivity contribution in [2.75, 3.05) is 0 Å².